The van der Waals surface area contributed by atoms with E-state index in [0.29, 0.717) is 29.0 Å². The zero-order valence-electron chi connectivity index (χ0n) is 20.0. The number of rotatable bonds is 8. The van der Waals surface area contributed by atoms with Crippen LogP contribution in [0.1, 0.15) is 43.4 Å². The lowest BCUT2D eigenvalue weighted by atomic mass is 9.95. The molecule has 0 spiro atoms. The maximum Gasteiger partial charge on any atom is 0.302 e. The lowest BCUT2D eigenvalue weighted by molar-refractivity contribution is -0.132. The number of hydrogen-bond acceptors (Lipinski definition) is 5. The normalized spacial score (nSPS) is 17.1. The second-order valence-electron chi connectivity index (χ2n) is 8.74. The topological polar surface area (TPSA) is 95.5 Å². The highest BCUT2D eigenvalue weighted by atomic mass is 16.5. The van der Waals surface area contributed by atoms with Crippen LogP contribution in [0.4, 0.5) is 5.95 Å². The number of fused-ring (bicyclic) bond motifs is 1. The number of nitrogens with one attached hydrogen (secondary N) is 1. The van der Waals surface area contributed by atoms with E-state index >= 15 is 0 Å². The number of para-hydroxylation sites is 2. The van der Waals surface area contributed by atoms with Crippen molar-refractivity contribution in [2.75, 3.05) is 11.5 Å². The summed E-state index contributed by atoms with van der Waals surface area (Å²) in [6, 6.07) is 22.6. The first-order chi connectivity index (χ1) is 17.6. The van der Waals surface area contributed by atoms with Crippen molar-refractivity contribution >= 4 is 34.4 Å². The molecule has 1 aliphatic rings. The number of carbonyl (C=O) groups is 2. The Balaban J connectivity index is 1.55. The van der Waals surface area contributed by atoms with Crippen LogP contribution >= 0.6 is 0 Å². The van der Waals surface area contributed by atoms with Gasteiger partial charge in [0.25, 0.3) is 5.78 Å². The highest BCUT2D eigenvalue weighted by Crippen LogP contribution is 2.41. The molecule has 5 rings (SSSR count). The fourth-order valence-electron chi connectivity index (χ4n) is 4.46. The lowest BCUT2D eigenvalue weighted by Crippen LogP contribution is -2.30. The highest BCUT2D eigenvalue weighted by Gasteiger charge is 2.48. The minimum atomic E-state index is -0.836. The zero-order valence-corrected chi connectivity index (χ0v) is 20.0. The molecule has 36 heavy (non-hydrogen) atoms. The summed E-state index contributed by atoms with van der Waals surface area (Å²) in [5.74, 6) is -0.813. The molecule has 7 heteroatoms. The van der Waals surface area contributed by atoms with Gasteiger partial charge in [0, 0.05) is 5.56 Å². The number of carbonyl (C=O) groups excluding carboxylic acids is 2. The quantitative estimate of drug-likeness (QED) is 0.144. The predicted molar refractivity (Wildman–Crippen MR) is 139 cm³/mol. The summed E-state index contributed by atoms with van der Waals surface area (Å²) in [6.45, 7) is 2.76. The first-order valence-electron chi connectivity index (χ1n) is 12.1. The Morgan fingerprint density at radius 3 is 2.42 bits per heavy atom. The largest absolute Gasteiger partial charge is 0.507 e. The van der Waals surface area contributed by atoms with Gasteiger partial charge in [-0.05, 0) is 48.4 Å². The van der Waals surface area contributed by atoms with E-state index in [1.807, 2.05) is 54.6 Å². The molecule has 1 unspecified atom stereocenters. The Bertz CT molecular complexity index is 1390. The molecule has 2 N–H and O–H groups in total. The van der Waals surface area contributed by atoms with Crippen molar-refractivity contribution in [2.45, 2.75) is 32.2 Å². The Morgan fingerprint density at radius 2 is 1.69 bits per heavy atom. The molecule has 1 amide bonds. The van der Waals surface area contributed by atoms with Gasteiger partial charge in [0.2, 0.25) is 5.95 Å². The van der Waals surface area contributed by atoms with Crippen LogP contribution in [-0.4, -0.2) is 33.4 Å². The molecule has 2 heterocycles. The summed E-state index contributed by atoms with van der Waals surface area (Å²) < 4.78 is 5.76. The second kappa shape index (κ2) is 10.1. The number of anilines is 1. The van der Waals surface area contributed by atoms with Gasteiger partial charge in [-0.15, -0.1) is 0 Å². The van der Waals surface area contributed by atoms with Gasteiger partial charge < -0.3 is 14.8 Å². The summed E-state index contributed by atoms with van der Waals surface area (Å²) in [5.41, 5.74) is 2.56. The number of imidazole rings is 1. The van der Waals surface area contributed by atoms with Crippen LogP contribution in [0.5, 0.6) is 5.75 Å². The molecular weight excluding hydrogens is 454 g/mol. The van der Waals surface area contributed by atoms with E-state index in [1.165, 1.54) is 4.90 Å². The summed E-state index contributed by atoms with van der Waals surface area (Å²) in [4.78, 5) is 35.6. The van der Waals surface area contributed by atoms with E-state index in [9.17, 15) is 14.7 Å². The number of nitrogens with zero attached hydrogens (tertiary/aromatic N) is 2. The Kier molecular flexibility index (Phi) is 6.54. The monoisotopic (exact) mass is 481 g/mol. The van der Waals surface area contributed by atoms with Crippen LogP contribution in [0.3, 0.4) is 0 Å². The number of aliphatic hydroxyl groups excluding tert-OH is 1. The van der Waals surface area contributed by atoms with Gasteiger partial charge in [-0.3, -0.25) is 14.5 Å². The van der Waals surface area contributed by atoms with E-state index in [4.69, 9.17) is 4.74 Å². The molecule has 0 aliphatic carbocycles. The molecule has 182 valence electrons. The Hall–Kier alpha value is -4.39. The average Bonchev–Trinajstić information content (AvgIpc) is 3.45. The Labute approximate surface area is 209 Å². The number of Topliss-reactive ketones (excluding diaryl/α,β-unsaturated/α-hetero) is 1. The molecule has 0 bridgehead atoms. The van der Waals surface area contributed by atoms with Crippen LogP contribution in [0, 0.1) is 0 Å². The van der Waals surface area contributed by atoms with Crippen molar-refractivity contribution in [1.29, 1.82) is 0 Å². The van der Waals surface area contributed by atoms with Gasteiger partial charge in [0.1, 0.15) is 11.5 Å². The average molecular weight is 482 g/mol. The number of H-pyrrole nitrogens is 1. The summed E-state index contributed by atoms with van der Waals surface area (Å²) in [7, 11) is 0. The van der Waals surface area contributed by atoms with Gasteiger partial charge in [-0.1, -0.05) is 62.2 Å². The smallest absolute Gasteiger partial charge is 0.302 e. The van der Waals surface area contributed by atoms with Crippen LogP contribution in [-0.2, 0) is 9.59 Å². The maximum absolute atomic E-state index is 13.3. The van der Waals surface area contributed by atoms with Crippen molar-refractivity contribution in [1.82, 2.24) is 9.97 Å². The van der Waals surface area contributed by atoms with Gasteiger partial charge in [-0.2, -0.15) is 0 Å². The molecule has 1 fully saturated rings. The number of aromatic nitrogens is 2. The van der Waals surface area contributed by atoms with Crippen molar-refractivity contribution in [2.24, 2.45) is 0 Å². The van der Waals surface area contributed by atoms with Gasteiger partial charge in [0.05, 0.1) is 29.3 Å². The molecule has 4 aromatic rings. The number of unbranched alkanes of at least 4 members (excludes halogenated alkanes) is 2. The van der Waals surface area contributed by atoms with Crippen molar-refractivity contribution < 1.29 is 19.4 Å². The van der Waals surface area contributed by atoms with Crippen LogP contribution < -0.4 is 9.64 Å². The second-order valence-corrected chi connectivity index (χ2v) is 8.74. The molecule has 1 saturated heterocycles. The molecule has 1 atom stereocenters. The van der Waals surface area contributed by atoms with Crippen LogP contribution in [0.2, 0.25) is 0 Å². The van der Waals surface area contributed by atoms with Crippen molar-refractivity contribution in [3.63, 3.8) is 0 Å². The first-order valence-corrected chi connectivity index (χ1v) is 12.1. The molecule has 7 nitrogen and oxygen atoms in total. The number of amides is 1. The summed E-state index contributed by atoms with van der Waals surface area (Å²) in [6.07, 6.45) is 3.19. The molecule has 1 aromatic heterocycles. The van der Waals surface area contributed by atoms with Gasteiger partial charge >= 0.3 is 5.91 Å². The Morgan fingerprint density at radius 1 is 0.972 bits per heavy atom. The third-order valence-electron chi connectivity index (χ3n) is 6.31. The van der Waals surface area contributed by atoms with E-state index in [-0.39, 0.29) is 17.3 Å². The van der Waals surface area contributed by atoms with E-state index in [2.05, 4.69) is 16.9 Å². The lowest BCUT2D eigenvalue weighted by Gasteiger charge is -2.23. The summed E-state index contributed by atoms with van der Waals surface area (Å²) in [5, 5.41) is 11.3. The van der Waals surface area contributed by atoms with E-state index in [1.54, 1.807) is 24.3 Å². The number of aromatic amines is 1. The number of ketones is 1. The fraction of sp³-hybridized carbons (Fsp3) is 0.207. The number of aliphatic hydroxyl groups is 1. The third-order valence-corrected chi connectivity index (χ3v) is 6.31. The first kappa shape index (κ1) is 23.4. The van der Waals surface area contributed by atoms with E-state index < -0.39 is 17.7 Å². The highest BCUT2D eigenvalue weighted by molar-refractivity contribution is 6.51. The maximum atomic E-state index is 13.3. The van der Waals surface area contributed by atoms with Crippen LogP contribution in [0.15, 0.2) is 84.4 Å². The third kappa shape index (κ3) is 4.35. The predicted octanol–water partition coefficient (Wildman–Crippen LogP) is 5.76. The molecule has 0 saturated carbocycles. The SMILES string of the molecule is CCCCCOc1ccc(/C(O)=C2\C(=O)C(=O)N(c3nc4ccccc4[nH]3)C2c2ccccc2)cc1. The molecule has 1 aliphatic heterocycles. The van der Waals surface area contributed by atoms with Gasteiger partial charge in [0.15, 0.2) is 0 Å². The number of hydrogen-bond donors (Lipinski definition) is 2. The summed E-state index contributed by atoms with van der Waals surface area (Å²) >= 11 is 0. The number of benzene rings is 3. The van der Waals surface area contributed by atoms with Crippen LogP contribution in [0.25, 0.3) is 16.8 Å². The van der Waals surface area contributed by atoms with Crippen molar-refractivity contribution in [3.05, 3.63) is 95.6 Å². The fourth-order valence-corrected chi connectivity index (χ4v) is 4.46. The molecular formula is C29H27N3O4. The molecule has 3 aromatic carbocycles. The standard InChI is InChI=1S/C29H27N3O4/c1-2-3-9-18-36-21-16-14-20(15-17-21)26(33)24-25(19-10-5-4-6-11-19)32(28(35)27(24)34)29-30-22-12-7-8-13-23(22)31-29/h4-8,10-17,25,33H,2-3,9,18H2,1H3,(H,30,31)/b26-24+. The van der Waals surface area contributed by atoms with Crippen molar-refractivity contribution in [3.8, 4) is 5.75 Å². The molecule has 0 radical (unpaired) electrons. The minimum Gasteiger partial charge on any atom is -0.507 e. The number of ether oxygens (including phenoxy) is 1. The minimum absolute atomic E-state index is 0.0169. The zero-order chi connectivity index (χ0) is 25.1. The van der Waals surface area contributed by atoms with Gasteiger partial charge in [-0.25, -0.2) is 4.98 Å². The van der Waals surface area contributed by atoms with E-state index in [0.717, 1.165) is 24.8 Å².